The van der Waals surface area contributed by atoms with Crippen molar-refractivity contribution in [1.82, 2.24) is 19.4 Å². The zero-order valence-corrected chi connectivity index (χ0v) is 11.6. The number of hydrogen-bond acceptors (Lipinski definition) is 3. The van der Waals surface area contributed by atoms with Gasteiger partial charge in [0.1, 0.15) is 5.69 Å². The van der Waals surface area contributed by atoms with Gasteiger partial charge in [-0.05, 0) is 25.0 Å². The van der Waals surface area contributed by atoms with Crippen LogP contribution in [0.2, 0.25) is 0 Å². The Morgan fingerprint density at radius 3 is 3.00 bits per heavy atom. The summed E-state index contributed by atoms with van der Waals surface area (Å²) in [6, 6.07) is 3.77. The highest BCUT2D eigenvalue weighted by Crippen LogP contribution is 2.25. The Morgan fingerprint density at radius 1 is 1.40 bits per heavy atom. The summed E-state index contributed by atoms with van der Waals surface area (Å²) >= 11 is 0. The van der Waals surface area contributed by atoms with Gasteiger partial charge in [-0.3, -0.25) is 14.8 Å². The van der Waals surface area contributed by atoms with Gasteiger partial charge in [0.05, 0.1) is 5.69 Å². The third-order valence-corrected chi connectivity index (χ3v) is 3.87. The van der Waals surface area contributed by atoms with Crippen molar-refractivity contribution in [1.29, 1.82) is 0 Å². The number of carbonyl (C=O) groups excluding carboxylic acids is 1. The Kier molecular flexibility index (Phi) is 3.50. The Morgan fingerprint density at radius 2 is 2.30 bits per heavy atom. The number of piperidine rings is 1. The molecule has 3 heterocycles. The fourth-order valence-corrected chi connectivity index (χ4v) is 2.77. The van der Waals surface area contributed by atoms with Crippen molar-refractivity contribution in [2.75, 3.05) is 13.1 Å². The van der Waals surface area contributed by atoms with Gasteiger partial charge in [-0.15, -0.1) is 0 Å². The molecular weight excluding hydrogens is 252 g/mol. The first-order chi connectivity index (χ1) is 9.75. The minimum atomic E-state index is 0.103. The van der Waals surface area contributed by atoms with E-state index in [-0.39, 0.29) is 5.91 Å². The highest BCUT2D eigenvalue weighted by atomic mass is 16.2. The molecule has 2 aromatic heterocycles. The van der Waals surface area contributed by atoms with Gasteiger partial charge in [-0.25, -0.2) is 0 Å². The molecule has 3 rings (SSSR count). The first-order valence-electron chi connectivity index (χ1n) is 6.92. The summed E-state index contributed by atoms with van der Waals surface area (Å²) in [5.74, 6) is 0.396. The molecule has 0 unspecified atom stereocenters. The molecule has 0 aromatic carbocycles. The lowest BCUT2D eigenvalue weighted by Crippen LogP contribution is -2.40. The molecule has 0 radical (unpaired) electrons. The largest absolute Gasteiger partial charge is 0.347 e. The number of rotatable bonds is 2. The average Bonchev–Trinajstić information content (AvgIpc) is 2.94. The summed E-state index contributed by atoms with van der Waals surface area (Å²) in [6.45, 7) is 1.55. The molecule has 1 saturated heterocycles. The lowest BCUT2D eigenvalue weighted by Gasteiger charge is -2.32. The Balaban J connectivity index is 1.76. The molecule has 2 aromatic rings. The van der Waals surface area contributed by atoms with Crippen molar-refractivity contribution in [2.45, 2.75) is 18.8 Å². The first-order valence-corrected chi connectivity index (χ1v) is 6.92. The normalized spacial score (nSPS) is 19.1. The fourth-order valence-electron chi connectivity index (χ4n) is 2.77. The monoisotopic (exact) mass is 270 g/mol. The maximum atomic E-state index is 12.5. The lowest BCUT2D eigenvalue weighted by molar-refractivity contribution is 0.0696. The van der Waals surface area contributed by atoms with Gasteiger partial charge in [0, 0.05) is 50.8 Å². The zero-order valence-electron chi connectivity index (χ0n) is 11.6. The Labute approximate surface area is 118 Å². The maximum Gasteiger partial charge on any atom is 0.270 e. The zero-order chi connectivity index (χ0) is 13.9. The van der Waals surface area contributed by atoms with Crippen molar-refractivity contribution in [3.05, 3.63) is 48.3 Å². The van der Waals surface area contributed by atoms with Crippen molar-refractivity contribution >= 4 is 5.91 Å². The molecule has 5 nitrogen and oxygen atoms in total. The van der Waals surface area contributed by atoms with Crippen LogP contribution in [0.3, 0.4) is 0 Å². The molecule has 1 aliphatic heterocycles. The Hall–Kier alpha value is -2.17. The van der Waals surface area contributed by atoms with Gasteiger partial charge in [0.2, 0.25) is 0 Å². The van der Waals surface area contributed by atoms with Crippen molar-refractivity contribution in [3.63, 3.8) is 0 Å². The topological polar surface area (TPSA) is 51.0 Å². The predicted molar refractivity (Wildman–Crippen MR) is 75.3 cm³/mol. The number of aryl methyl sites for hydroxylation is 1. The molecular formula is C15H18N4O. The highest BCUT2D eigenvalue weighted by molar-refractivity contribution is 5.92. The summed E-state index contributed by atoms with van der Waals surface area (Å²) in [5, 5.41) is 0. The molecule has 0 spiro atoms. The van der Waals surface area contributed by atoms with E-state index in [0.29, 0.717) is 5.92 Å². The van der Waals surface area contributed by atoms with Crippen LogP contribution in [0.15, 0.2) is 36.9 Å². The number of nitrogens with zero attached hydrogens (tertiary/aromatic N) is 4. The van der Waals surface area contributed by atoms with E-state index in [9.17, 15) is 4.79 Å². The van der Waals surface area contributed by atoms with E-state index in [1.54, 1.807) is 18.6 Å². The standard InChI is InChI=1S/C15H18N4O/c1-18-8-3-5-14(18)15(20)19-9-2-4-12(11-19)13-10-16-6-7-17-13/h3,5-8,10,12H,2,4,9,11H2,1H3/t12-/m1/s1. The molecule has 1 amide bonds. The number of likely N-dealkylation sites (tertiary alicyclic amines) is 1. The van der Waals surface area contributed by atoms with Crippen LogP contribution in [0.4, 0.5) is 0 Å². The molecule has 1 aliphatic rings. The van der Waals surface area contributed by atoms with Gasteiger partial charge < -0.3 is 9.47 Å². The maximum absolute atomic E-state index is 12.5. The highest BCUT2D eigenvalue weighted by Gasteiger charge is 2.27. The summed E-state index contributed by atoms with van der Waals surface area (Å²) in [5.41, 5.74) is 1.72. The van der Waals surface area contributed by atoms with E-state index in [1.807, 2.05) is 34.8 Å². The molecule has 20 heavy (non-hydrogen) atoms. The third-order valence-electron chi connectivity index (χ3n) is 3.87. The van der Waals surface area contributed by atoms with Crippen molar-refractivity contribution < 1.29 is 4.79 Å². The third kappa shape index (κ3) is 2.43. The van der Waals surface area contributed by atoms with Crippen LogP contribution in [0.1, 0.15) is 34.9 Å². The molecule has 104 valence electrons. The minimum absolute atomic E-state index is 0.103. The van der Waals surface area contributed by atoms with Crippen LogP contribution < -0.4 is 0 Å². The van der Waals surface area contributed by atoms with Crippen LogP contribution >= 0.6 is 0 Å². The molecule has 0 N–H and O–H groups in total. The van der Waals surface area contributed by atoms with Gasteiger partial charge >= 0.3 is 0 Å². The van der Waals surface area contributed by atoms with Gasteiger partial charge in [-0.1, -0.05) is 0 Å². The smallest absolute Gasteiger partial charge is 0.270 e. The van der Waals surface area contributed by atoms with E-state index >= 15 is 0 Å². The fraction of sp³-hybridized carbons (Fsp3) is 0.400. The van der Waals surface area contributed by atoms with Crippen LogP contribution in [-0.2, 0) is 7.05 Å². The van der Waals surface area contributed by atoms with Crippen LogP contribution in [-0.4, -0.2) is 38.4 Å². The molecule has 0 saturated carbocycles. The van der Waals surface area contributed by atoms with Crippen LogP contribution in [0.25, 0.3) is 0 Å². The Bertz CT molecular complexity index is 593. The second-order valence-corrected chi connectivity index (χ2v) is 5.22. The van der Waals surface area contributed by atoms with Crippen LogP contribution in [0.5, 0.6) is 0 Å². The molecule has 0 aliphatic carbocycles. The molecule has 1 atom stereocenters. The minimum Gasteiger partial charge on any atom is -0.347 e. The van der Waals surface area contributed by atoms with E-state index in [0.717, 1.165) is 37.3 Å². The molecule has 1 fully saturated rings. The number of amides is 1. The van der Waals surface area contributed by atoms with Crippen molar-refractivity contribution in [2.24, 2.45) is 7.05 Å². The first kappa shape index (κ1) is 12.8. The number of aromatic nitrogens is 3. The molecule has 0 bridgehead atoms. The summed E-state index contributed by atoms with van der Waals surface area (Å²) in [4.78, 5) is 23.0. The van der Waals surface area contributed by atoms with Crippen molar-refractivity contribution in [3.8, 4) is 0 Å². The average molecular weight is 270 g/mol. The van der Waals surface area contributed by atoms with E-state index in [1.165, 1.54) is 0 Å². The second-order valence-electron chi connectivity index (χ2n) is 5.22. The quantitative estimate of drug-likeness (QED) is 0.836. The molecule has 5 heteroatoms. The van der Waals surface area contributed by atoms with Crippen LogP contribution in [0, 0.1) is 0 Å². The van der Waals surface area contributed by atoms with Gasteiger partial charge in [0.25, 0.3) is 5.91 Å². The van der Waals surface area contributed by atoms with E-state index < -0.39 is 0 Å². The number of carbonyl (C=O) groups is 1. The number of hydrogen-bond donors (Lipinski definition) is 0. The second kappa shape index (κ2) is 5.45. The van der Waals surface area contributed by atoms with Gasteiger partial charge in [-0.2, -0.15) is 0 Å². The summed E-state index contributed by atoms with van der Waals surface area (Å²) in [7, 11) is 1.90. The van der Waals surface area contributed by atoms with E-state index in [2.05, 4.69) is 9.97 Å². The predicted octanol–water partition coefficient (Wildman–Crippen LogP) is 1.83. The summed E-state index contributed by atoms with van der Waals surface area (Å²) < 4.78 is 1.87. The lowest BCUT2D eigenvalue weighted by atomic mass is 9.95. The summed E-state index contributed by atoms with van der Waals surface area (Å²) in [6.07, 6.45) is 9.18. The van der Waals surface area contributed by atoms with Gasteiger partial charge in [0.15, 0.2) is 0 Å². The van der Waals surface area contributed by atoms with E-state index in [4.69, 9.17) is 0 Å². The SMILES string of the molecule is Cn1cccc1C(=O)N1CCC[C@@H](c2cnccn2)C1.